The molecular weight excluding hydrogens is 384 g/mol. The number of carbonyl (C=O) groups is 1. The van der Waals surface area contributed by atoms with Gasteiger partial charge in [-0.1, -0.05) is 30.3 Å². The standard InChI is InChI=1S/C26H34N4O/c1-16-8-23(21-6-4-3-5-7-21)29-24-22(15-27-30(16)24)25(31)28-17(2)26-12-18-9-19(13-26)11-20(10-18)14-26/h3-7,15-20,23,29H,8-14H2,1-2H3,(H,28,31). The van der Waals surface area contributed by atoms with Gasteiger partial charge in [0.15, 0.2) is 0 Å². The number of aromatic nitrogens is 2. The van der Waals surface area contributed by atoms with Crippen LogP contribution in [-0.2, 0) is 0 Å². The molecule has 0 saturated heterocycles. The van der Waals surface area contributed by atoms with E-state index < -0.39 is 0 Å². The van der Waals surface area contributed by atoms with E-state index in [1.807, 2.05) is 10.7 Å². The minimum absolute atomic E-state index is 0.0258. The molecule has 4 bridgehead atoms. The van der Waals surface area contributed by atoms with Crippen LogP contribution in [0.2, 0.25) is 0 Å². The molecule has 1 aromatic heterocycles. The first-order valence-corrected chi connectivity index (χ1v) is 12.2. The lowest BCUT2D eigenvalue weighted by atomic mass is 9.48. The second kappa shape index (κ2) is 7.11. The number of hydrogen-bond donors (Lipinski definition) is 2. The van der Waals surface area contributed by atoms with Crippen LogP contribution in [0.25, 0.3) is 0 Å². The molecular formula is C26H34N4O. The van der Waals surface area contributed by atoms with E-state index in [0.717, 1.165) is 30.0 Å². The van der Waals surface area contributed by atoms with Crippen LogP contribution >= 0.6 is 0 Å². The van der Waals surface area contributed by atoms with Crippen LogP contribution in [0.15, 0.2) is 36.5 Å². The summed E-state index contributed by atoms with van der Waals surface area (Å²) >= 11 is 0. The Kier molecular flexibility index (Phi) is 4.45. The molecule has 2 aromatic rings. The third-order valence-electron chi connectivity index (χ3n) is 8.90. The molecule has 4 saturated carbocycles. The summed E-state index contributed by atoms with van der Waals surface area (Å²) in [7, 11) is 0. The highest BCUT2D eigenvalue weighted by atomic mass is 16.1. The lowest BCUT2D eigenvalue weighted by molar-refractivity contribution is -0.0687. The molecule has 0 radical (unpaired) electrons. The molecule has 164 valence electrons. The lowest BCUT2D eigenvalue weighted by Gasteiger charge is -2.59. The van der Waals surface area contributed by atoms with Gasteiger partial charge in [-0.25, -0.2) is 4.68 Å². The second-order valence-corrected chi connectivity index (χ2v) is 11.0. The largest absolute Gasteiger partial charge is 0.363 e. The number of carbonyl (C=O) groups excluding carboxylic acids is 1. The average Bonchev–Trinajstić information content (AvgIpc) is 3.18. The first kappa shape index (κ1) is 19.4. The highest BCUT2D eigenvalue weighted by Gasteiger charge is 2.53. The van der Waals surface area contributed by atoms with Crippen LogP contribution in [-0.4, -0.2) is 21.7 Å². The summed E-state index contributed by atoms with van der Waals surface area (Å²) in [6, 6.07) is 11.2. The average molecular weight is 419 g/mol. The van der Waals surface area contributed by atoms with Crippen molar-refractivity contribution in [1.82, 2.24) is 15.1 Å². The number of benzene rings is 1. The van der Waals surface area contributed by atoms with E-state index >= 15 is 0 Å². The van der Waals surface area contributed by atoms with Crippen molar-refractivity contribution < 1.29 is 4.79 Å². The van der Waals surface area contributed by atoms with E-state index in [2.05, 4.69) is 53.8 Å². The summed E-state index contributed by atoms with van der Waals surface area (Å²) in [5.41, 5.74) is 2.25. The van der Waals surface area contributed by atoms with E-state index in [4.69, 9.17) is 0 Å². The van der Waals surface area contributed by atoms with Crippen molar-refractivity contribution in [3.63, 3.8) is 0 Å². The summed E-state index contributed by atoms with van der Waals surface area (Å²) < 4.78 is 1.99. The van der Waals surface area contributed by atoms with Gasteiger partial charge < -0.3 is 10.6 Å². The predicted molar refractivity (Wildman–Crippen MR) is 122 cm³/mol. The summed E-state index contributed by atoms with van der Waals surface area (Å²) in [4.78, 5) is 13.4. The minimum Gasteiger partial charge on any atom is -0.363 e. The van der Waals surface area contributed by atoms with Gasteiger partial charge in [-0.3, -0.25) is 4.79 Å². The van der Waals surface area contributed by atoms with Gasteiger partial charge in [-0.15, -0.1) is 0 Å². The SMILES string of the molecule is CC1CC(c2ccccc2)Nc2c(C(=O)NC(C)C34CC5CC(CC(C5)C3)C4)cnn21. The van der Waals surface area contributed by atoms with Gasteiger partial charge in [0, 0.05) is 6.04 Å². The van der Waals surface area contributed by atoms with Crippen molar-refractivity contribution in [2.75, 3.05) is 5.32 Å². The molecule has 4 fully saturated rings. The number of nitrogens with one attached hydrogen (secondary N) is 2. The van der Waals surface area contributed by atoms with Crippen LogP contribution in [0.4, 0.5) is 5.82 Å². The Morgan fingerprint density at radius 1 is 1.10 bits per heavy atom. The molecule has 31 heavy (non-hydrogen) atoms. The Bertz CT molecular complexity index is 945. The molecule has 1 aromatic carbocycles. The topological polar surface area (TPSA) is 59.0 Å². The number of amides is 1. The van der Waals surface area contributed by atoms with Crippen LogP contribution in [0.3, 0.4) is 0 Å². The van der Waals surface area contributed by atoms with Crippen molar-refractivity contribution in [3.8, 4) is 0 Å². The summed E-state index contributed by atoms with van der Waals surface area (Å²) in [5.74, 6) is 3.57. The minimum atomic E-state index is 0.0258. The zero-order chi connectivity index (χ0) is 21.2. The van der Waals surface area contributed by atoms with Crippen LogP contribution in [0.5, 0.6) is 0 Å². The second-order valence-electron chi connectivity index (χ2n) is 11.0. The van der Waals surface area contributed by atoms with Crippen molar-refractivity contribution >= 4 is 11.7 Å². The van der Waals surface area contributed by atoms with E-state index in [9.17, 15) is 4.79 Å². The fraction of sp³-hybridized carbons (Fsp3) is 0.615. The molecule has 2 N–H and O–H groups in total. The highest BCUT2D eigenvalue weighted by molar-refractivity contribution is 5.99. The van der Waals surface area contributed by atoms with Gasteiger partial charge >= 0.3 is 0 Å². The van der Waals surface area contributed by atoms with Crippen molar-refractivity contribution in [1.29, 1.82) is 0 Å². The maximum atomic E-state index is 13.4. The summed E-state index contributed by atoms with van der Waals surface area (Å²) in [6.45, 7) is 4.44. The molecule has 5 heteroatoms. The fourth-order valence-corrected chi connectivity index (χ4v) is 7.71. The van der Waals surface area contributed by atoms with Crippen LogP contribution < -0.4 is 10.6 Å². The number of hydrogen-bond acceptors (Lipinski definition) is 3. The van der Waals surface area contributed by atoms with E-state index in [-0.39, 0.29) is 24.0 Å². The van der Waals surface area contributed by atoms with Gasteiger partial charge in [0.25, 0.3) is 5.91 Å². The zero-order valence-corrected chi connectivity index (χ0v) is 18.7. The summed E-state index contributed by atoms with van der Waals surface area (Å²) in [5, 5.41) is 11.6. The molecule has 2 heterocycles. The Balaban J connectivity index is 1.22. The lowest BCUT2D eigenvalue weighted by Crippen LogP contribution is -2.55. The third-order valence-corrected chi connectivity index (χ3v) is 8.90. The van der Waals surface area contributed by atoms with E-state index in [1.165, 1.54) is 44.1 Å². The van der Waals surface area contributed by atoms with Gasteiger partial charge in [0.2, 0.25) is 0 Å². The fourth-order valence-electron chi connectivity index (χ4n) is 7.71. The first-order chi connectivity index (χ1) is 15.0. The zero-order valence-electron chi connectivity index (χ0n) is 18.7. The first-order valence-electron chi connectivity index (χ1n) is 12.2. The Morgan fingerprint density at radius 2 is 1.74 bits per heavy atom. The Hall–Kier alpha value is -2.30. The molecule has 7 rings (SSSR count). The molecule has 5 nitrogen and oxygen atoms in total. The molecule has 1 amide bonds. The van der Waals surface area contributed by atoms with Crippen molar-refractivity contribution in [3.05, 3.63) is 47.7 Å². The molecule has 0 spiro atoms. The number of rotatable bonds is 4. The maximum absolute atomic E-state index is 13.4. The van der Waals surface area contributed by atoms with Gasteiger partial charge in [0.05, 0.1) is 18.3 Å². The number of fused-ring (bicyclic) bond motifs is 1. The van der Waals surface area contributed by atoms with Crippen molar-refractivity contribution in [2.45, 2.75) is 76.9 Å². The molecule has 5 aliphatic rings. The molecule has 4 aliphatic carbocycles. The number of anilines is 1. The normalized spacial score (nSPS) is 36.5. The Morgan fingerprint density at radius 3 is 2.39 bits per heavy atom. The summed E-state index contributed by atoms with van der Waals surface area (Å²) in [6.07, 6.45) is 10.9. The quantitative estimate of drug-likeness (QED) is 0.705. The van der Waals surface area contributed by atoms with Crippen LogP contribution in [0, 0.1) is 23.2 Å². The third kappa shape index (κ3) is 3.19. The smallest absolute Gasteiger partial charge is 0.256 e. The number of nitrogens with zero attached hydrogens (tertiary/aromatic N) is 2. The highest BCUT2D eigenvalue weighted by Crippen LogP contribution is 2.61. The molecule has 3 unspecified atom stereocenters. The van der Waals surface area contributed by atoms with Crippen LogP contribution in [0.1, 0.15) is 86.8 Å². The van der Waals surface area contributed by atoms with E-state index in [1.54, 1.807) is 6.20 Å². The van der Waals surface area contributed by atoms with Gasteiger partial charge in [0.1, 0.15) is 11.4 Å². The van der Waals surface area contributed by atoms with Gasteiger partial charge in [-0.05, 0) is 87.5 Å². The maximum Gasteiger partial charge on any atom is 0.256 e. The van der Waals surface area contributed by atoms with Gasteiger partial charge in [-0.2, -0.15) is 5.10 Å². The Labute approximate surface area is 185 Å². The monoisotopic (exact) mass is 418 g/mol. The molecule has 1 aliphatic heterocycles. The van der Waals surface area contributed by atoms with E-state index in [0.29, 0.717) is 11.0 Å². The predicted octanol–water partition coefficient (Wildman–Crippen LogP) is 5.34. The van der Waals surface area contributed by atoms with Crippen molar-refractivity contribution in [2.24, 2.45) is 23.2 Å². The molecule has 3 atom stereocenters.